The molecular weight excluding hydrogens is 308 g/mol. The van der Waals surface area contributed by atoms with Gasteiger partial charge in [-0.1, -0.05) is 53.2 Å². The SMILES string of the molecule is CCc1ccc(C(Cl)c2cc(C)cc(Br)c2)cc1. The zero-order chi connectivity index (χ0) is 13.1. The second-order valence-corrected chi connectivity index (χ2v) is 5.87. The summed E-state index contributed by atoms with van der Waals surface area (Å²) in [5, 5.41) is -0.0906. The zero-order valence-corrected chi connectivity index (χ0v) is 12.9. The Balaban J connectivity index is 2.31. The standard InChI is InChI=1S/C16H16BrCl/c1-3-12-4-6-13(7-5-12)16(18)14-8-11(2)9-15(17)10-14/h4-10,16H,3H2,1-2H3. The molecule has 0 fully saturated rings. The molecule has 0 saturated carbocycles. The smallest absolute Gasteiger partial charge is 0.0835 e. The minimum Gasteiger partial charge on any atom is -0.113 e. The van der Waals surface area contributed by atoms with Crippen LogP contribution in [0.1, 0.15) is 34.6 Å². The normalized spacial score (nSPS) is 12.4. The lowest BCUT2D eigenvalue weighted by molar-refractivity contribution is 1.10. The van der Waals surface area contributed by atoms with E-state index < -0.39 is 0 Å². The maximum Gasteiger partial charge on any atom is 0.0835 e. The van der Waals surface area contributed by atoms with Crippen molar-refractivity contribution >= 4 is 27.5 Å². The van der Waals surface area contributed by atoms with Crippen molar-refractivity contribution in [3.8, 4) is 0 Å². The minimum absolute atomic E-state index is 0.0906. The van der Waals surface area contributed by atoms with Crippen LogP contribution in [0.15, 0.2) is 46.9 Å². The molecule has 2 aromatic carbocycles. The van der Waals surface area contributed by atoms with Gasteiger partial charge in [-0.15, -0.1) is 11.6 Å². The lowest BCUT2D eigenvalue weighted by atomic mass is 10.0. The van der Waals surface area contributed by atoms with E-state index in [0.29, 0.717) is 0 Å². The van der Waals surface area contributed by atoms with Crippen molar-refractivity contribution in [2.75, 3.05) is 0 Å². The molecule has 0 aromatic heterocycles. The van der Waals surface area contributed by atoms with Crippen molar-refractivity contribution in [2.24, 2.45) is 0 Å². The molecule has 2 heteroatoms. The van der Waals surface area contributed by atoms with Gasteiger partial charge in [0.05, 0.1) is 5.38 Å². The fraction of sp³-hybridized carbons (Fsp3) is 0.250. The number of halogens is 2. The van der Waals surface area contributed by atoms with Gasteiger partial charge in [0.15, 0.2) is 0 Å². The topological polar surface area (TPSA) is 0 Å². The average Bonchev–Trinajstić information content (AvgIpc) is 2.37. The second-order valence-electron chi connectivity index (χ2n) is 4.52. The van der Waals surface area contributed by atoms with E-state index in [1.807, 2.05) is 0 Å². The summed E-state index contributed by atoms with van der Waals surface area (Å²) in [7, 11) is 0. The molecule has 2 rings (SSSR count). The Morgan fingerprint density at radius 2 is 1.72 bits per heavy atom. The molecule has 2 aromatic rings. The first-order valence-electron chi connectivity index (χ1n) is 6.10. The lowest BCUT2D eigenvalue weighted by Gasteiger charge is -2.12. The number of rotatable bonds is 3. The molecule has 94 valence electrons. The molecule has 0 aliphatic rings. The maximum atomic E-state index is 6.55. The predicted octanol–water partition coefficient (Wildman–Crippen LogP) is 5.65. The summed E-state index contributed by atoms with van der Waals surface area (Å²) >= 11 is 10.1. The molecule has 0 heterocycles. The fourth-order valence-electron chi connectivity index (χ4n) is 2.03. The van der Waals surface area contributed by atoms with Crippen LogP contribution in [0.3, 0.4) is 0 Å². The Hall–Kier alpha value is -0.790. The number of aryl methyl sites for hydroxylation is 2. The highest BCUT2D eigenvalue weighted by molar-refractivity contribution is 9.10. The third-order valence-electron chi connectivity index (χ3n) is 3.04. The summed E-state index contributed by atoms with van der Waals surface area (Å²) in [6.07, 6.45) is 1.06. The van der Waals surface area contributed by atoms with Crippen molar-refractivity contribution in [1.29, 1.82) is 0 Å². The van der Waals surface area contributed by atoms with Crippen LogP contribution < -0.4 is 0 Å². The van der Waals surface area contributed by atoms with Crippen molar-refractivity contribution in [3.63, 3.8) is 0 Å². The molecular formula is C16H16BrCl. The molecule has 0 spiro atoms. The van der Waals surface area contributed by atoms with E-state index in [9.17, 15) is 0 Å². The van der Waals surface area contributed by atoms with E-state index in [-0.39, 0.29) is 5.38 Å². The summed E-state index contributed by atoms with van der Waals surface area (Å²) in [5.74, 6) is 0. The van der Waals surface area contributed by atoms with Gasteiger partial charge in [0, 0.05) is 4.47 Å². The first-order chi connectivity index (χ1) is 8.60. The van der Waals surface area contributed by atoms with Gasteiger partial charge in [0.2, 0.25) is 0 Å². The molecule has 1 atom stereocenters. The minimum atomic E-state index is -0.0906. The van der Waals surface area contributed by atoms with Crippen molar-refractivity contribution < 1.29 is 0 Å². The molecule has 0 saturated heterocycles. The van der Waals surface area contributed by atoms with Crippen LogP contribution in [0.25, 0.3) is 0 Å². The summed E-state index contributed by atoms with van der Waals surface area (Å²) in [4.78, 5) is 0. The molecule has 0 aliphatic carbocycles. The maximum absolute atomic E-state index is 6.55. The van der Waals surface area contributed by atoms with E-state index in [0.717, 1.165) is 22.0 Å². The number of alkyl halides is 1. The summed E-state index contributed by atoms with van der Waals surface area (Å²) in [6, 6.07) is 14.8. The van der Waals surface area contributed by atoms with Gasteiger partial charge in [0.25, 0.3) is 0 Å². The van der Waals surface area contributed by atoms with Gasteiger partial charge in [-0.05, 0) is 47.7 Å². The van der Waals surface area contributed by atoms with Crippen LogP contribution in [0.2, 0.25) is 0 Å². The van der Waals surface area contributed by atoms with Crippen molar-refractivity contribution in [3.05, 3.63) is 69.2 Å². The van der Waals surface area contributed by atoms with Gasteiger partial charge < -0.3 is 0 Å². The molecule has 0 nitrogen and oxygen atoms in total. The van der Waals surface area contributed by atoms with Crippen LogP contribution in [0, 0.1) is 6.92 Å². The van der Waals surface area contributed by atoms with E-state index in [2.05, 4.69) is 72.2 Å². The van der Waals surface area contributed by atoms with Crippen LogP contribution in [-0.4, -0.2) is 0 Å². The number of benzene rings is 2. The Morgan fingerprint density at radius 1 is 1.06 bits per heavy atom. The molecule has 0 aliphatic heterocycles. The van der Waals surface area contributed by atoms with Crippen LogP contribution >= 0.6 is 27.5 Å². The summed E-state index contributed by atoms with van der Waals surface area (Å²) in [5.41, 5.74) is 4.84. The largest absolute Gasteiger partial charge is 0.113 e. The number of hydrogen-bond donors (Lipinski definition) is 0. The third kappa shape index (κ3) is 3.15. The van der Waals surface area contributed by atoms with Crippen molar-refractivity contribution in [2.45, 2.75) is 25.6 Å². The average molecular weight is 324 g/mol. The highest BCUT2D eigenvalue weighted by Crippen LogP contribution is 2.31. The lowest BCUT2D eigenvalue weighted by Crippen LogP contribution is -1.94. The Kier molecular flexibility index (Phi) is 4.47. The van der Waals surface area contributed by atoms with Crippen LogP contribution in [0.5, 0.6) is 0 Å². The van der Waals surface area contributed by atoms with E-state index in [1.165, 1.54) is 11.1 Å². The van der Waals surface area contributed by atoms with Gasteiger partial charge in [-0.3, -0.25) is 0 Å². The van der Waals surface area contributed by atoms with Gasteiger partial charge in [0.1, 0.15) is 0 Å². The third-order valence-corrected chi connectivity index (χ3v) is 4.00. The summed E-state index contributed by atoms with van der Waals surface area (Å²) < 4.78 is 1.08. The summed E-state index contributed by atoms with van der Waals surface area (Å²) in [6.45, 7) is 4.24. The predicted molar refractivity (Wildman–Crippen MR) is 82.4 cm³/mol. The molecule has 0 amide bonds. The Bertz CT molecular complexity index is 511. The first kappa shape index (κ1) is 13.6. The van der Waals surface area contributed by atoms with Crippen LogP contribution in [0.4, 0.5) is 0 Å². The molecule has 1 unspecified atom stereocenters. The van der Waals surface area contributed by atoms with E-state index in [1.54, 1.807) is 0 Å². The Labute approximate surface area is 122 Å². The highest BCUT2D eigenvalue weighted by Gasteiger charge is 2.11. The quantitative estimate of drug-likeness (QED) is 0.640. The second kappa shape index (κ2) is 5.90. The van der Waals surface area contributed by atoms with Gasteiger partial charge >= 0.3 is 0 Å². The fourth-order valence-corrected chi connectivity index (χ4v) is 2.92. The molecule has 0 bridgehead atoms. The van der Waals surface area contributed by atoms with Crippen LogP contribution in [-0.2, 0) is 6.42 Å². The zero-order valence-electron chi connectivity index (χ0n) is 10.6. The monoisotopic (exact) mass is 322 g/mol. The van der Waals surface area contributed by atoms with E-state index in [4.69, 9.17) is 11.6 Å². The molecule has 0 N–H and O–H groups in total. The van der Waals surface area contributed by atoms with E-state index >= 15 is 0 Å². The van der Waals surface area contributed by atoms with Gasteiger partial charge in [-0.25, -0.2) is 0 Å². The highest BCUT2D eigenvalue weighted by atomic mass is 79.9. The molecule has 0 radical (unpaired) electrons. The first-order valence-corrected chi connectivity index (χ1v) is 7.33. The Morgan fingerprint density at radius 3 is 2.28 bits per heavy atom. The number of hydrogen-bond acceptors (Lipinski definition) is 0. The van der Waals surface area contributed by atoms with Gasteiger partial charge in [-0.2, -0.15) is 0 Å². The molecule has 18 heavy (non-hydrogen) atoms. The van der Waals surface area contributed by atoms with Crippen molar-refractivity contribution in [1.82, 2.24) is 0 Å².